The summed E-state index contributed by atoms with van der Waals surface area (Å²) in [5.41, 5.74) is 4.20. The van der Waals surface area contributed by atoms with Crippen LogP contribution in [-0.2, 0) is 4.74 Å². The molecule has 1 aromatic carbocycles. The van der Waals surface area contributed by atoms with Crippen LogP contribution in [0.3, 0.4) is 0 Å². The Labute approximate surface area is 130 Å². The van der Waals surface area contributed by atoms with Crippen LogP contribution < -0.4 is 5.32 Å². The fraction of sp³-hybridized carbons (Fsp3) is 0.684. The highest BCUT2D eigenvalue weighted by Crippen LogP contribution is 2.37. The van der Waals surface area contributed by atoms with E-state index < -0.39 is 0 Å². The van der Waals surface area contributed by atoms with Gasteiger partial charge in [-0.2, -0.15) is 0 Å². The zero-order valence-corrected chi connectivity index (χ0v) is 14.1. The van der Waals surface area contributed by atoms with Gasteiger partial charge in [-0.1, -0.05) is 36.2 Å². The van der Waals surface area contributed by atoms with Gasteiger partial charge in [0.15, 0.2) is 0 Å². The second kappa shape index (κ2) is 7.95. The third-order valence-corrected chi connectivity index (χ3v) is 4.45. The molecule has 1 atom stereocenters. The summed E-state index contributed by atoms with van der Waals surface area (Å²) in [4.78, 5) is 0. The molecule has 2 rings (SSSR count). The zero-order valence-electron chi connectivity index (χ0n) is 14.1. The van der Waals surface area contributed by atoms with Gasteiger partial charge >= 0.3 is 0 Å². The van der Waals surface area contributed by atoms with Crippen molar-refractivity contribution in [2.45, 2.75) is 65.5 Å². The lowest BCUT2D eigenvalue weighted by molar-refractivity contribution is -0.0291. The number of rotatable bonds is 8. The molecular weight excluding hydrogens is 258 g/mol. The lowest BCUT2D eigenvalue weighted by Crippen LogP contribution is -2.35. The minimum absolute atomic E-state index is 0.496. The molecule has 1 N–H and O–H groups in total. The molecular formula is C19H31NO. The standard InChI is InChI=1S/C19H31NO/c1-5-7-20-19(13-16-11-18(12-16)21-6-2)17-9-14(3)8-15(4)10-17/h8-10,16,18-20H,5-7,11-13H2,1-4H3. The van der Waals surface area contributed by atoms with Crippen molar-refractivity contribution in [2.75, 3.05) is 13.2 Å². The molecule has 1 aliphatic carbocycles. The largest absolute Gasteiger partial charge is 0.378 e. The zero-order chi connectivity index (χ0) is 15.2. The predicted octanol–water partition coefficient (Wildman–Crippen LogP) is 4.55. The quantitative estimate of drug-likeness (QED) is 0.758. The van der Waals surface area contributed by atoms with Crippen molar-refractivity contribution in [3.63, 3.8) is 0 Å². The Hall–Kier alpha value is -0.860. The third-order valence-electron chi connectivity index (χ3n) is 4.45. The van der Waals surface area contributed by atoms with Gasteiger partial charge in [0.2, 0.25) is 0 Å². The highest BCUT2D eigenvalue weighted by atomic mass is 16.5. The topological polar surface area (TPSA) is 21.3 Å². The van der Waals surface area contributed by atoms with Crippen LogP contribution in [0.1, 0.15) is 62.3 Å². The van der Waals surface area contributed by atoms with Gasteiger partial charge in [0.1, 0.15) is 0 Å². The minimum Gasteiger partial charge on any atom is -0.378 e. The first-order chi connectivity index (χ1) is 10.1. The number of benzene rings is 1. The van der Waals surface area contributed by atoms with E-state index in [0.717, 1.165) is 19.1 Å². The summed E-state index contributed by atoms with van der Waals surface area (Å²) < 4.78 is 5.69. The Balaban J connectivity index is 1.98. The van der Waals surface area contributed by atoms with Crippen LogP contribution >= 0.6 is 0 Å². The van der Waals surface area contributed by atoms with Gasteiger partial charge < -0.3 is 10.1 Å². The highest BCUT2D eigenvalue weighted by molar-refractivity contribution is 5.30. The first kappa shape index (κ1) is 16.5. The minimum atomic E-state index is 0.496. The number of hydrogen-bond donors (Lipinski definition) is 1. The van der Waals surface area contributed by atoms with E-state index in [9.17, 15) is 0 Å². The SMILES string of the molecule is CCCNC(CC1CC(OCC)C1)c1cc(C)cc(C)c1. The van der Waals surface area contributed by atoms with Crippen LogP contribution in [0.4, 0.5) is 0 Å². The number of hydrogen-bond acceptors (Lipinski definition) is 2. The third kappa shape index (κ3) is 4.82. The van der Waals surface area contributed by atoms with E-state index in [1.807, 2.05) is 0 Å². The molecule has 118 valence electrons. The van der Waals surface area contributed by atoms with Crippen molar-refractivity contribution >= 4 is 0 Å². The fourth-order valence-electron chi connectivity index (χ4n) is 3.44. The van der Waals surface area contributed by atoms with Gasteiger partial charge in [0.05, 0.1) is 6.10 Å². The summed E-state index contributed by atoms with van der Waals surface area (Å²) in [6.07, 6.45) is 5.43. The second-order valence-electron chi connectivity index (χ2n) is 6.58. The van der Waals surface area contributed by atoms with E-state index in [-0.39, 0.29) is 0 Å². The summed E-state index contributed by atoms with van der Waals surface area (Å²) in [5.74, 6) is 0.816. The average molecular weight is 289 g/mol. The molecule has 1 aromatic rings. The first-order valence-corrected chi connectivity index (χ1v) is 8.55. The molecule has 0 bridgehead atoms. The molecule has 0 amide bonds. The molecule has 0 aliphatic heterocycles. The van der Waals surface area contributed by atoms with E-state index in [2.05, 4.69) is 51.2 Å². The summed E-state index contributed by atoms with van der Waals surface area (Å²) in [6, 6.07) is 7.45. The van der Waals surface area contributed by atoms with Gasteiger partial charge in [-0.15, -0.1) is 0 Å². The molecule has 1 saturated carbocycles. The Kier molecular flexibility index (Phi) is 6.25. The van der Waals surface area contributed by atoms with E-state index in [4.69, 9.17) is 4.74 Å². The molecule has 0 aromatic heterocycles. The Morgan fingerprint density at radius 3 is 2.38 bits per heavy atom. The van der Waals surface area contributed by atoms with Crippen LogP contribution in [0.2, 0.25) is 0 Å². The molecule has 1 fully saturated rings. The maximum atomic E-state index is 5.69. The first-order valence-electron chi connectivity index (χ1n) is 8.55. The van der Waals surface area contributed by atoms with Crippen LogP contribution in [0, 0.1) is 19.8 Å². The van der Waals surface area contributed by atoms with Crippen LogP contribution in [0.15, 0.2) is 18.2 Å². The second-order valence-corrected chi connectivity index (χ2v) is 6.58. The molecule has 1 aliphatic rings. The van der Waals surface area contributed by atoms with Crippen molar-refractivity contribution in [1.29, 1.82) is 0 Å². The maximum absolute atomic E-state index is 5.69. The molecule has 0 heterocycles. The van der Waals surface area contributed by atoms with Crippen LogP contribution in [-0.4, -0.2) is 19.3 Å². The molecule has 2 heteroatoms. The predicted molar refractivity (Wildman–Crippen MR) is 89.7 cm³/mol. The van der Waals surface area contributed by atoms with Crippen molar-refractivity contribution in [1.82, 2.24) is 5.32 Å². The van der Waals surface area contributed by atoms with E-state index in [1.165, 1.54) is 42.4 Å². The Bertz CT molecular complexity index is 417. The van der Waals surface area contributed by atoms with Crippen molar-refractivity contribution in [3.8, 4) is 0 Å². The van der Waals surface area contributed by atoms with Gasteiger partial charge in [0, 0.05) is 12.6 Å². The van der Waals surface area contributed by atoms with Gasteiger partial charge in [-0.05, 0) is 64.5 Å². The fourth-order valence-corrected chi connectivity index (χ4v) is 3.44. The molecule has 21 heavy (non-hydrogen) atoms. The van der Waals surface area contributed by atoms with Crippen molar-refractivity contribution < 1.29 is 4.74 Å². The lowest BCUT2D eigenvalue weighted by Gasteiger charge is -2.37. The Morgan fingerprint density at radius 2 is 1.81 bits per heavy atom. The molecule has 0 spiro atoms. The molecule has 0 radical (unpaired) electrons. The van der Waals surface area contributed by atoms with Gasteiger partial charge in [-0.25, -0.2) is 0 Å². The Morgan fingerprint density at radius 1 is 1.14 bits per heavy atom. The lowest BCUT2D eigenvalue weighted by atomic mass is 9.77. The summed E-state index contributed by atoms with van der Waals surface area (Å²) in [5, 5.41) is 3.75. The van der Waals surface area contributed by atoms with Crippen LogP contribution in [0.25, 0.3) is 0 Å². The number of ether oxygens (including phenoxy) is 1. The monoisotopic (exact) mass is 289 g/mol. The average Bonchev–Trinajstić information content (AvgIpc) is 2.39. The van der Waals surface area contributed by atoms with Crippen LogP contribution in [0.5, 0.6) is 0 Å². The smallest absolute Gasteiger partial charge is 0.0580 e. The van der Waals surface area contributed by atoms with E-state index >= 15 is 0 Å². The van der Waals surface area contributed by atoms with E-state index in [1.54, 1.807) is 0 Å². The van der Waals surface area contributed by atoms with Crippen molar-refractivity contribution in [2.24, 2.45) is 5.92 Å². The van der Waals surface area contributed by atoms with Crippen molar-refractivity contribution in [3.05, 3.63) is 34.9 Å². The summed E-state index contributed by atoms with van der Waals surface area (Å²) in [7, 11) is 0. The normalized spacial score (nSPS) is 22.9. The number of aryl methyl sites for hydroxylation is 2. The summed E-state index contributed by atoms with van der Waals surface area (Å²) in [6.45, 7) is 10.7. The number of nitrogens with one attached hydrogen (secondary N) is 1. The molecule has 2 nitrogen and oxygen atoms in total. The van der Waals surface area contributed by atoms with Gasteiger partial charge in [0.25, 0.3) is 0 Å². The maximum Gasteiger partial charge on any atom is 0.0580 e. The van der Waals surface area contributed by atoms with Gasteiger partial charge in [-0.3, -0.25) is 0 Å². The molecule has 1 unspecified atom stereocenters. The highest BCUT2D eigenvalue weighted by Gasteiger charge is 2.31. The van der Waals surface area contributed by atoms with E-state index in [0.29, 0.717) is 12.1 Å². The molecule has 0 saturated heterocycles. The summed E-state index contributed by atoms with van der Waals surface area (Å²) >= 11 is 0.